The van der Waals surface area contributed by atoms with E-state index in [1.807, 2.05) is 57.2 Å². The van der Waals surface area contributed by atoms with E-state index in [9.17, 15) is 14.7 Å². The molecule has 1 amide bonds. The Morgan fingerprint density at radius 2 is 1.76 bits per heavy atom. The van der Waals surface area contributed by atoms with Crippen LogP contribution in [0.2, 0.25) is 0 Å². The van der Waals surface area contributed by atoms with Crippen molar-refractivity contribution in [3.63, 3.8) is 0 Å². The van der Waals surface area contributed by atoms with Crippen LogP contribution < -0.4 is 10.5 Å². The van der Waals surface area contributed by atoms with E-state index in [4.69, 9.17) is 4.74 Å². The molecule has 0 spiro atoms. The Labute approximate surface area is 211 Å². The van der Waals surface area contributed by atoms with Crippen LogP contribution in [0.3, 0.4) is 0 Å². The van der Waals surface area contributed by atoms with Gasteiger partial charge >= 0.3 is 6.09 Å². The number of carbonyl (C=O) groups excluding carboxylic acids is 1. The van der Waals surface area contributed by atoms with Gasteiger partial charge in [-0.25, -0.2) is 4.79 Å². The molecule has 2 heterocycles. The number of halogens is 1. The van der Waals surface area contributed by atoms with Crippen molar-refractivity contribution in [2.45, 2.75) is 26.4 Å². The summed E-state index contributed by atoms with van der Waals surface area (Å²) in [5, 5.41) is 11.5. The van der Waals surface area contributed by atoms with E-state index in [0.29, 0.717) is 29.4 Å². The van der Waals surface area contributed by atoms with Crippen LogP contribution in [0.4, 0.5) is 16.2 Å². The van der Waals surface area contributed by atoms with Crippen LogP contribution in [-0.4, -0.2) is 59.1 Å². The zero-order valence-electron chi connectivity index (χ0n) is 19.3. The average Bonchev–Trinajstić information content (AvgIpc) is 2.78. The zero-order valence-corrected chi connectivity index (χ0v) is 21.5. The fourth-order valence-corrected chi connectivity index (χ4v) is 4.29. The van der Waals surface area contributed by atoms with Gasteiger partial charge in [0.05, 0.1) is 11.3 Å². The van der Waals surface area contributed by atoms with Crippen LogP contribution in [0.1, 0.15) is 26.3 Å². The standard InChI is InChI=1S/C25H27IN4O4/c1-25(2,3)34-24(33)30-12-10-29(11-13-30)18-7-5-17(6-8-18)27-15-21-20-14-16(26)4-9-19(20)22(31)28-23(21)32/h4-9,14-15H,10-13H2,1-3H3,(H2,28,31,32). The fourth-order valence-electron chi connectivity index (χ4n) is 3.80. The van der Waals surface area contributed by atoms with Crippen molar-refractivity contribution in [3.8, 4) is 5.88 Å². The summed E-state index contributed by atoms with van der Waals surface area (Å²) in [5.41, 5.74) is 1.41. The normalized spacial score (nSPS) is 14.7. The van der Waals surface area contributed by atoms with Crippen molar-refractivity contribution in [1.82, 2.24) is 9.88 Å². The third kappa shape index (κ3) is 5.52. The largest absolute Gasteiger partial charge is 0.494 e. The van der Waals surface area contributed by atoms with Gasteiger partial charge in [-0.1, -0.05) is 0 Å². The van der Waals surface area contributed by atoms with Crippen LogP contribution in [0.25, 0.3) is 10.8 Å². The molecule has 3 aromatic rings. The van der Waals surface area contributed by atoms with E-state index in [1.165, 1.54) is 0 Å². The molecule has 9 heteroatoms. The van der Waals surface area contributed by atoms with Crippen molar-refractivity contribution >= 4 is 57.0 Å². The Balaban J connectivity index is 1.45. The quantitative estimate of drug-likeness (QED) is 0.351. The van der Waals surface area contributed by atoms with E-state index >= 15 is 0 Å². The number of aromatic nitrogens is 1. The number of hydrogen-bond donors (Lipinski definition) is 2. The van der Waals surface area contributed by atoms with E-state index in [2.05, 4.69) is 37.5 Å². The van der Waals surface area contributed by atoms with Crippen LogP contribution >= 0.6 is 22.6 Å². The van der Waals surface area contributed by atoms with Crippen LogP contribution in [0, 0.1) is 3.57 Å². The molecule has 2 N–H and O–H groups in total. The molecule has 0 aliphatic carbocycles. The summed E-state index contributed by atoms with van der Waals surface area (Å²) in [5.74, 6) is -0.206. The fraction of sp³-hybridized carbons (Fsp3) is 0.320. The number of fused-ring (bicyclic) bond motifs is 1. The molecule has 1 aliphatic heterocycles. The monoisotopic (exact) mass is 574 g/mol. The molecule has 1 aromatic heterocycles. The number of aromatic amines is 1. The van der Waals surface area contributed by atoms with E-state index < -0.39 is 5.60 Å². The van der Waals surface area contributed by atoms with E-state index in [-0.39, 0.29) is 17.5 Å². The number of benzene rings is 2. The first-order valence-corrected chi connectivity index (χ1v) is 12.1. The number of H-pyrrole nitrogens is 1. The number of nitrogens with zero attached hydrogens (tertiary/aromatic N) is 3. The van der Waals surface area contributed by atoms with Gasteiger partial charge in [-0.15, -0.1) is 0 Å². The highest BCUT2D eigenvalue weighted by molar-refractivity contribution is 14.1. The lowest BCUT2D eigenvalue weighted by Crippen LogP contribution is -2.50. The number of aliphatic imine (C=N–C) groups is 1. The molecule has 0 atom stereocenters. The second kappa shape index (κ2) is 9.65. The van der Waals surface area contributed by atoms with Crippen molar-refractivity contribution in [1.29, 1.82) is 0 Å². The Bertz CT molecular complexity index is 1290. The van der Waals surface area contributed by atoms with Crippen LogP contribution in [0.15, 0.2) is 52.3 Å². The topological polar surface area (TPSA) is 98.2 Å². The molecule has 0 unspecified atom stereocenters. The molecule has 0 radical (unpaired) electrons. The molecule has 1 aliphatic rings. The lowest BCUT2D eigenvalue weighted by atomic mass is 10.1. The first-order valence-electron chi connectivity index (χ1n) is 11.0. The number of rotatable bonds is 3. The minimum Gasteiger partial charge on any atom is -0.494 e. The highest BCUT2D eigenvalue weighted by atomic mass is 127. The van der Waals surface area contributed by atoms with Crippen molar-refractivity contribution < 1.29 is 14.6 Å². The summed E-state index contributed by atoms with van der Waals surface area (Å²) in [6.07, 6.45) is 1.29. The summed E-state index contributed by atoms with van der Waals surface area (Å²) in [6.45, 7) is 8.25. The Morgan fingerprint density at radius 1 is 1.09 bits per heavy atom. The molecule has 0 bridgehead atoms. The van der Waals surface area contributed by atoms with Crippen LogP contribution in [-0.2, 0) is 4.74 Å². The number of amides is 1. The van der Waals surface area contributed by atoms with E-state index in [1.54, 1.807) is 17.2 Å². The number of carbonyl (C=O) groups is 1. The smallest absolute Gasteiger partial charge is 0.410 e. The molecular weight excluding hydrogens is 547 g/mol. The Morgan fingerprint density at radius 3 is 2.41 bits per heavy atom. The number of piperazine rings is 1. The molecule has 34 heavy (non-hydrogen) atoms. The number of aromatic hydroxyl groups is 1. The van der Waals surface area contributed by atoms with E-state index in [0.717, 1.165) is 28.0 Å². The average molecular weight is 574 g/mol. The lowest BCUT2D eigenvalue weighted by Gasteiger charge is -2.36. The predicted octanol–water partition coefficient (Wildman–Crippen LogP) is 4.65. The molecule has 178 valence electrons. The molecule has 2 aromatic carbocycles. The molecule has 8 nitrogen and oxygen atoms in total. The minimum absolute atomic E-state index is 0.206. The minimum atomic E-state index is -0.499. The van der Waals surface area contributed by atoms with Gasteiger partial charge in [-0.05, 0) is 85.8 Å². The molecule has 1 fully saturated rings. The Hall–Kier alpha value is -3.08. The molecule has 4 rings (SSSR count). The maximum Gasteiger partial charge on any atom is 0.410 e. The summed E-state index contributed by atoms with van der Waals surface area (Å²) in [7, 11) is 0. The molecular formula is C25H27IN4O4. The third-order valence-corrected chi connectivity index (χ3v) is 6.16. The highest BCUT2D eigenvalue weighted by Gasteiger charge is 2.25. The Kier molecular flexibility index (Phi) is 6.83. The second-order valence-electron chi connectivity index (χ2n) is 9.14. The SMILES string of the molecule is CC(C)(C)OC(=O)N1CCN(c2ccc(N=Cc3c(O)[nH]c(=O)c4ccc(I)cc34)cc2)CC1. The van der Waals surface area contributed by atoms with Gasteiger partial charge in [0.25, 0.3) is 5.56 Å². The first-order chi connectivity index (χ1) is 16.1. The van der Waals surface area contributed by atoms with Gasteiger partial charge in [0.2, 0.25) is 5.88 Å². The van der Waals surface area contributed by atoms with Gasteiger partial charge < -0.3 is 19.6 Å². The zero-order chi connectivity index (χ0) is 24.5. The lowest BCUT2D eigenvalue weighted by molar-refractivity contribution is 0.0240. The maximum atomic E-state index is 12.3. The number of nitrogens with one attached hydrogen (secondary N) is 1. The van der Waals surface area contributed by atoms with Gasteiger partial charge in [-0.2, -0.15) is 0 Å². The van der Waals surface area contributed by atoms with Crippen LogP contribution in [0.5, 0.6) is 5.88 Å². The molecule has 0 saturated carbocycles. The number of pyridine rings is 1. The van der Waals surface area contributed by atoms with Gasteiger partial charge in [-0.3, -0.25) is 14.8 Å². The molecule has 1 saturated heterocycles. The summed E-state index contributed by atoms with van der Waals surface area (Å²) in [6, 6.07) is 13.2. The van der Waals surface area contributed by atoms with Gasteiger partial charge in [0, 0.05) is 52.4 Å². The number of anilines is 1. The second-order valence-corrected chi connectivity index (χ2v) is 10.4. The number of hydrogen-bond acceptors (Lipinski definition) is 6. The third-order valence-electron chi connectivity index (χ3n) is 5.49. The summed E-state index contributed by atoms with van der Waals surface area (Å²) in [4.78, 5) is 35.4. The van der Waals surface area contributed by atoms with Crippen molar-refractivity contribution in [2.24, 2.45) is 4.99 Å². The first kappa shape index (κ1) is 24.1. The maximum absolute atomic E-state index is 12.3. The van der Waals surface area contributed by atoms with Gasteiger partial charge in [0.15, 0.2) is 0 Å². The predicted molar refractivity (Wildman–Crippen MR) is 143 cm³/mol. The summed E-state index contributed by atoms with van der Waals surface area (Å²) >= 11 is 2.17. The highest BCUT2D eigenvalue weighted by Crippen LogP contribution is 2.25. The van der Waals surface area contributed by atoms with Crippen molar-refractivity contribution in [2.75, 3.05) is 31.1 Å². The van der Waals surface area contributed by atoms with Gasteiger partial charge in [0.1, 0.15) is 5.60 Å². The summed E-state index contributed by atoms with van der Waals surface area (Å²) < 4.78 is 6.42. The number of ether oxygens (including phenoxy) is 1. The van der Waals surface area contributed by atoms with Crippen molar-refractivity contribution in [3.05, 3.63) is 62.0 Å².